The van der Waals surface area contributed by atoms with E-state index in [9.17, 15) is 35.1 Å². The van der Waals surface area contributed by atoms with Gasteiger partial charge >= 0.3 is 5.97 Å². The van der Waals surface area contributed by atoms with Crippen LogP contribution in [0.1, 0.15) is 129 Å². The molecule has 18 nitrogen and oxygen atoms in total. The van der Waals surface area contributed by atoms with Crippen LogP contribution in [0.5, 0.6) is 0 Å². The zero-order valence-corrected chi connectivity index (χ0v) is 43.3. The average molecular weight is 1020 g/mol. The lowest BCUT2D eigenvalue weighted by Crippen LogP contribution is -2.75. The number of carbonyl (C=O) groups is 2. The summed E-state index contributed by atoms with van der Waals surface area (Å²) in [6, 6.07) is 8.74. The molecular formula is C54H80O18. The maximum absolute atomic E-state index is 13.7. The molecule has 4 aliphatic heterocycles. The fourth-order valence-electron chi connectivity index (χ4n) is 14.5. The smallest absolute Gasteiger partial charge is 0.338 e. The molecule has 9 rings (SSSR count). The molecule has 18 heteroatoms. The van der Waals surface area contributed by atoms with Crippen molar-refractivity contribution in [3.05, 3.63) is 47.5 Å². The van der Waals surface area contributed by atoms with E-state index >= 15 is 0 Å². The van der Waals surface area contributed by atoms with Crippen molar-refractivity contribution in [1.82, 2.24) is 0 Å². The third-order valence-electron chi connectivity index (χ3n) is 18.6. The van der Waals surface area contributed by atoms with Gasteiger partial charge in [0.05, 0.1) is 60.5 Å². The molecule has 5 N–H and O–H groups in total. The van der Waals surface area contributed by atoms with E-state index in [4.69, 9.17) is 52.1 Å². The maximum Gasteiger partial charge on any atom is 0.338 e. The summed E-state index contributed by atoms with van der Waals surface area (Å²) < 4.78 is 68.2. The van der Waals surface area contributed by atoms with Crippen LogP contribution in [0.15, 0.2) is 42.0 Å². The summed E-state index contributed by atoms with van der Waals surface area (Å²) in [4.78, 5) is 26.9. The maximum atomic E-state index is 13.7. The van der Waals surface area contributed by atoms with Crippen LogP contribution in [-0.2, 0) is 56.9 Å². The Morgan fingerprint density at radius 2 is 1.21 bits per heavy atom. The van der Waals surface area contributed by atoms with Crippen LogP contribution in [0.25, 0.3) is 0 Å². The molecule has 404 valence electrons. The summed E-state index contributed by atoms with van der Waals surface area (Å²) in [5.74, 6) is -1.66. The summed E-state index contributed by atoms with van der Waals surface area (Å²) in [7, 11) is 3.14. The summed E-state index contributed by atoms with van der Waals surface area (Å²) in [5.41, 5.74) is -3.49. The zero-order chi connectivity index (χ0) is 51.7. The summed E-state index contributed by atoms with van der Waals surface area (Å²) in [5, 5.41) is 58.8. The van der Waals surface area contributed by atoms with Crippen molar-refractivity contribution in [3.63, 3.8) is 0 Å². The molecular weight excluding hydrogens is 937 g/mol. The minimum atomic E-state index is -1.69. The minimum absolute atomic E-state index is 0.0861. The van der Waals surface area contributed by atoms with E-state index < -0.39 is 144 Å². The van der Waals surface area contributed by atoms with Gasteiger partial charge in [-0.1, -0.05) is 43.7 Å². The number of ether oxygens (including phenoxy) is 11. The van der Waals surface area contributed by atoms with Crippen molar-refractivity contribution >= 4 is 11.8 Å². The number of esters is 1. The molecule has 24 unspecified atom stereocenters. The van der Waals surface area contributed by atoms with Gasteiger partial charge in [-0.05, 0) is 97.1 Å². The van der Waals surface area contributed by atoms with E-state index in [1.165, 1.54) is 14.0 Å². The highest BCUT2D eigenvalue weighted by Gasteiger charge is 2.77. The van der Waals surface area contributed by atoms with Crippen molar-refractivity contribution in [2.75, 3.05) is 14.2 Å². The Hall–Kier alpha value is -2.50. The quantitative estimate of drug-likeness (QED) is 0.136. The van der Waals surface area contributed by atoms with Gasteiger partial charge in [-0.25, -0.2) is 4.79 Å². The van der Waals surface area contributed by atoms with Gasteiger partial charge in [-0.15, -0.1) is 0 Å². The molecule has 0 aromatic heterocycles. The third kappa shape index (κ3) is 9.69. The Balaban J connectivity index is 0.791. The lowest BCUT2D eigenvalue weighted by molar-refractivity contribution is -0.345. The van der Waals surface area contributed by atoms with E-state index in [1.807, 2.05) is 19.9 Å². The molecule has 0 bridgehead atoms. The Morgan fingerprint density at radius 1 is 0.667 bits per heavy atom. The van der Waals surface area contributed by atoms with Gasteiger partial charge in [-0.2, -0.15) is 0 Å². The molecule has 0 amide bonds. The molecule has 8 aliphatic rings. The van der Waals surface area contributed by atoms with E-state index in [2.05, 4.69) is 13.0 Å². The number of rotatable bonds is 13. The Kier molecular flexibility index (Phi) is 15.9. The van der Waals surface area contributed by atoms with Crippen molar-refractivity contribution in [2.24, 2.45) is 22.7 Å². The van der Waals surface area contributed by atoms with Crippen LogP contribution in [0, 0.1) is 22.7 Å². The first-order valence-electron chi connectivity index (χ1n) is 26.4. The second kappa shape index (κ2) is 21.1. The number of aliphatic hydroxyl groups excluding tert-OH is 3. The molecule has 3 saturated carbocycles. The van der Waals surface area contributed by atoms with Crippen molar-refractivity contribution in [2.45, 2.75) is 241 Å². The number of methoxy groups -OCH3 is 2. The van der Waals surface area contributed by atoms with Crippen LogP contribution in [0.4, 0.5) is 0 Å². The molecule has 72 heavy (non-hydrogen) atoms. The van der Waals surface area contributed by atoms with Gasteiger partial charge in [0.25, 0.3) is 0 Å². The van der Waals surface area contributed by atoms with Gasteiger partial charge in [-0.3, -0.25) is 4.79 Å². The lowest BCUT2D eigenvalue weighted by atomic mass is 9.43. The topological polar surface area (TPSA) is 237 Å². The molecule has 0 spiro atoms. The first kappa shape index (κ1) is 54.3. The number of aliphatic hydroxyl groups is 5. The minimum Gasteiger partial charge on any atom is -0.458 e. The van der Waals surface area contributed by atoms with Crippen LogP contribution in [0.3, 0.4) is 0 Å². The summed E-state index contributed by atoms with van der Waals surface area (Å²) >= 11 is 0. The van der Waals surface area contributed by atoms with Crippen LogP contribution >= 0.6 is 0 Å². The molecule has 4 saturated heterocycles. The average Bonchev–Trinajstić information content (AvgIpc) is 3.64. The summed E-state index contributed by atoms with van der Waals surface area (Å²) in [6.07, 6.45) is -5.95. The van der Waals surface area contributed by atoms with E-state index in [0.717, 1.165) is 5.57 Å². The van der Waals surface area contributed by atoms with Gasteiger partial charge in [0.2, 0.25) is 0 Å². The molecule has 4 heterocycles. The van der Waals surface area contributed by atoms with Gasteiger partial charge < -0.3 is 77.6 Å². The number of Topliss-reactive ketones (excluding diaryl/α,β-unsaturated/α-hetero) is 1. The van der Waals surface area contributed by atoms with Crippen LogP contribution in [-0.4, -0.2) is 173 Å². The fourth-order valence-corrected chi connectivity index (χ4v) is 14.5. The normalized spacial score (nSPS) is 49.4. The molecule has 4 aliphatic carbocycles. The van der Waals surface area contributed by atoms with Crippen molar-refractivity contribution in [3.8, 4) is 0 Å². The fraction of sp³-hybridized carbons (Fsp3) is 0.815. The predicted molar refractivity (Wildman–Crippen MR) is 255 cm³/mol. The second-order valence-corrected chi connectivity index (χ2v) is 22.7. The second-order valence-electron chi connectivity index (χ2n) is 22.7. The highest BCUT2D eigenvalue weighted by molar-refractivity contribution is 5.89. The van der Waals surface area contributed by atoms with Gasteiger partial charge in [0.15, 0.2) is 25.2 Å². The first-order valence-corrected chi connectivity index (χ1v) is 26.4. The van der Waals surface area contributed by atoms with Crippen LogP contribution < -0.4 is 0 Å². The molecule has 0 radical (unpaired) electrons. The first-order chi connectivity index (χ1) is 34.1. The zero-order valence-electron chi connectivity index (χ0n) is 43.3. The standard InChI is InChI=1S/C54H80O18/c1-27(55)35-17-20-54(61)52(35,7)41(69-50(59)32-13-11-10-12-14-32)26-40-51(6)18-16-34(21-33(51)15-19-53(40,54)60)68-44-25-39(63-9)49(31(5)67-44)72-43-23-37(57)47(29(3)66-43)70-42-22-36(56)48(30(4)65-42)71-45-24-38(62-8)46(58)28(2)64-45/h10-15,28-31,34-49,56-58,60-61H,16-26H2,1-9H3. The highest BCUT2D eigenvalue weighted by Crippen LogP contribution is 2.70. The third-order valence-corrected chi connectivity index (χ3v) is 18.6. The van der Waals surface area contributed by atoms with Crippen molar-refractivity contribution < 1.29 is 87.2 Å². The largest absolute Gasteiger partial charge is 0.458 e. The molecule has 1 aromatic rings. The van der Waals surface area contributed by atoms with Gasteiger partial charge in [0, 0.05) is 57.2 Å². The Labute approximate surface area is 423 Å². The number of hydrogen-bond acceptors (Lipinski definition) is 18. The SMILES string of the molecule is COC1CC(OC2C(O)CC(OC3C(O)CC(OC4C(C)OC(OC5CCC6(C)C(=CCC7(O)C6CC(OC(=O)c6ccccc6)C6(C)C(C(C)=O)CCC76O)C5)CC4OC)OC3C)OC2C)OC(C)C1O. The number of ketones is 1. The number of carbonyl (C=O) groups excluding carboxylic acids is 2. The monoisotopic (exact) mass is 1020 g/mol. The highest BCUT2D eigenvalue weighted by atomic mass is 16.8. The van der Waals surface area contributed by atoms with E-state index in [-0.39, 0.29) is 37.6 Å². The number of benzene rings is 1. The van der Waals surface area contributed by atoms with Crippen molar-refractivity contribution in [1.29, 1.82) is 0 Å². The van der Waals surface area contributed by atoms with E-state index in [1.54, 1.807) is 52.1 Å². The van der Waals surface area contributed by atoms with Gasteiger partial charge in [0.1, 0.15) is 47.5 Å². The van der Waals surface area contributed by atoms with E-state index in [0.29, 0.717) is 50.5 Å². The number of hydrogen-bond donors (Lipinski definition) is 5. The molecule has 24 atom stereocenters. The van der Waals surface area contributed by atoms with Crippen LogP contribution in [0.2, 0.25) is 0 Å². The summed E-state index contributed by atoms with van der Waals surface area (Å²) in [6.45, 7) is 12.7. The Bertz CT molecular complexity index is 2070. The molecule has 7 fully saturated rings. The predicted octanol–water partition coefficient (Wildman–Crippen LogP) is 4.41. The molecule has 1 aromatic carbocycles. The Morgan fingerprint density at radius 3 is 1.79 bits per heavy atom. The lowest BCUT2D eigenvalue weighted by Gasteiger charge is -2.66. The number of fused-ring (bicyclic) bond motifs is 5.